The van der Waals surface area contributed by atoms with Crippen LogP contribution in [0.5, 0.6) is 0 Å². The predicted molar refractivity (Wildman–Crippen MR) is 88.3 cm³/mol. The summed E-state index contributed by atoms with van der Waals surface area (Å²) in [5, 5.41) is 3.59. The Balaban J connectivity index is 1.71. The first-order chi connectivity index (χ1) is 10.3. The topological polar surface area (TPSA) is 29.9 Å². The summed E-state index contributed by atoms with van der Waals surface area (Å²) in [5.41, 5.74) is 2.82. The summed E-state index contributed by atoms with van der Waals surface area (Å²) in [4.78, 5) is 4.06. The van der Waals surface area contributed by atoms with Crippen LogP contribution in [0, 0.1) is 0 Å². The molecule has 0 amide bonds. The number of benzene rings is 1. The maximum atomic E-state index is 4.06. The Morgan fingerprint density at radius 3 is 2.67 bits per heavy atom. The van der Waals surface area contributed by atoms with Crippen molar-refractivity contribution in [3.05, 3.63) is 54.1 Å². The van der Waals surface area contributed by atoms with Gasteiger partial charge in [0.15, 0.2) is 0 Å². The van der Waals surface area contributed by atoms with Crippen LogP contribution < -0.4 is 5.32 Å². The molecule has 1 unspecified atom stereocenters. The van der Waals surface area contributed by atoms with Crippen LogP contribution in [0.1, 0.15) is 50.3 Å². The molecule has 1 atom stereocenters. The molecule has 1 aromatic heterocycles. The van der Waals surface area contributed by atoms with Crippen molar-refractivity contribution >= 4 is 0 Å². The molecule has 3 heteroatoms. The maximum absolute atomic E-state index is 4.06. The lowest BCUT2D eigenvalue weighted by molar-refractivity contribution is 0.526. The van der Waals surface area contributed by atoms with E-state index in [2.05, 4.69) is 53.0 Å². The average molecular weight is 285 g/mol. The van der Waals surface area contributed by atoms with Crippen LogP contribution in [0.2, 0.25) is 0 Å². The van der Waals surface area contributed by atoms with Gasteiger partial charge in [0.25, 0.3) is 0 Å². The molecule has 2 rings (SSSR count). The van der Waals surface area contributed by atoms with Crippen molar-refractivity contribution in [1.82, 2.24) is 14.9 Å². The van der Waals surface area contributed by atoms with Gasteiger partial charge in [0.2, 0.25) is 0 Å². The third-order valence-electron chi connectivity index (χ3n) is 3.90. The molecular weight excluding hydrogens is 258 g/mol. The number of hydrogen-bond donors (Lipinski definition) is 1. The highest BCUT2D eigenvalue weighted by Crippen LogP contribution is 2.14. The molecule has 21 heavy (non-hydrogen) atoms. The summed E-state index contributed by atoms with van der Waals surface area (Å²) in [6.07, 6.45) is 10.6. The van der Waals surface area contributed by atoms with Gasteiger partial charge in [-0.1, -0.05) is 37.6 Å². The van der Waals surface area contributed by atoms with E-state index in [0.717, 1.165) is 19.5 Å². The first-order valence-corrected chi connectivity index (χ1v) is 8.07. The lowest BCUT2D eigenvalue weighted by Gasteiger charge is -2.15. The van der Waals surface area contributed by atoms with E-state index >= 15 is 0 Å². The number of aromatic nitrogens is 2. The molecule has 0 saturated carbocycles. The molecule has 114 valence electrons. The van der Waals surface area contributed by atoms with Gasteiger partial charge in [-0.3, -0.25) is 0 Å². The standard InChI is InChI=1S/C18H27N3/c1-3-4-6-17-7-9-18(10-8-17)16(2)20-11-5-13-21-14-12-19-15-21/h7-10,12,14-16,20H,3-6,11,13H2,1-2H3. The van der Waals surface area contributed by atoms with Gasteiger partial charge in [-0.2, -0.15) is 0 Å². The van der Waals surface area contributed by atoms with Crippen molar-refractivity contribution in [1.29, 1.82) is 0 Å². The zero-order chi connectivity index (χ0) is 14.9. The van der Waals surface area contributed by atoms with Crippen molar-refractivity contribution in [3.63, 3.8) is 0 Å². The highest BCUT2D eigenvalue weighted by atomic mass is 15.0. The summed E-state index contributed by atoms with van der Waals surface area (Å²) in [6, 6.07) is 9.48. The summed E-state index contributed by atoms with van der Waals surface area (Å²) >= 11 is 0. The molecule has 2 aromatic rings. The van der Waals surface area contributed by atoms with Gasteiger partial charge in [0.1, 0.15) is 0 Å². The van der Waals surface area contributed by atoms with Gasteiger partial charge < -0.3 is 9.88 Å². The number of unbranched alkanes of at least 4 members (excludes halogenated alkanes) is 1. The van der Waals surface area contributed by atoms with Crippen LogP contribution in [0.4, 0.5) is 0 Å². The Morgan fingerprint density at radius 2 is 2.00 bits per heavy atom. The van der Waals surface area contributed by atoms with E-state index in [0.29, 0.717) is 6.04 Å². The summed E-state index contributed by atoms with van der Waals surface area (Å²) in [7, 11) is 0. The second-order valence-electron chi connectivity index (χ2n) is 5.68. The molecule has 0 aliphatic rings. The maximum Gasteiger partial charge on any atom is 0.0945 e. The van der Waals surface area contributed by atoms with Crippen molar-refractivity contribution in [3.8, 4) is 0 Å². The van der Waals surface area contributed by atoms with Crippen LogP contribution in [0.25, 0.3) is 0 Å². The Labute approximate surface area is 128 Å². The zero-order valence-electron chi connectivity index (χ0n) is 13.3. The molecule has 1 aromatic carbocycles. The minimum Gasteiger partial charge on any atom is -0.337 e. The third-order valence-corrected chi connectivity index (χ3v) is 3.90. The van der Waals surface area contributed by atoms with Gasteiger partial charge in [0.05, 0.1) is 6.33 Å². The summed E-state index contributed by atoms with van der Waals surface area (Å²) < 4.78 is 2.12. The molecule has 1 N–H and O–H groups in total. The lowest BCUT2D eigenvalue weighted by atomic mass is 10.0. The average Bonchev–Trinajstić information content (AvgIpc) is 3.03. The predicted octanol–water partition coefficient (Wildman–Crippen LogP) is 3.97. The highest BCUT2D eigenvalue weighted by molar-refractivity contribution is 5.24. The minimum atomic E-state index is 0.410. The first kappa shape index (κ1) is 15.8. The number of nitrogens with zero attached hydrogens (tertiary/aromatic N) is 2. The van der Waals surface area contributed by atoms with E-state index in [1.54, 1.807) is 0 Å². The van der Waals surface area contributed by atoms with Crippen LogP contribution in [-0.2, 0) is 13.0 Å². The van der Waals surface area contributed by atoms with Crippen LogP contribution in [0.15, 0.2) is 43.0 Å². The monoisotopic (exact) mass is 285 g/mol. The number of imidazole rings is 1. The smallest absolute Gasteiger partial charge is 0.0945 e. The fourth-order valence-electron chi connectivity index (χ4n) is 2.47. The van der Waals surface area contributed by atoms with Crippen molar-refractivity contribution in [2.45, 2.75) is 52.1 Å². The fraction of sp³-hybridized carbons (Fsp3) is 0.500. The van der Waals surface area contributed by atoms with E-state index in [-0.39, 0.29) is 0 Å². The molecule has 0 radical (unpaired) electrons. The molecular formula is C18H27N3. The largest absolute Gasteiger partial charge is 0.337 e. The Morgan fingerprint density at radius 1 is 1.19 bits per heavy atom. The van der Waals surface area contributed by atoms with Gasteiger partial charge in [-0.15, -0.1) is 0 Å². The number of hydrogen-bond acceptors (Lipinski definition) is 2. The summed E-state index contributed by atoms with van der Waals surface area (Å²) in [6.45, 7) is 6.52. The second-order valence-corrected chi connectivity index (χ2v) is 5.68. The molecule has 0 saturated heterocycles. The SMILES string of the molecule is CCCCc1ccc(C(C)NCCCn2ccnc2)cc1. The first-order valence-electron chi connectivity index (χ1n) is 8.07. The summed E-state index contributed by atoms with van der Waals surface area (Å²) in [5.74, 6) is 0. The molecule has 0 spiro atoms. The minimum absolute atomic E-state index is 0.410. The van der Waals surface area contributed by atoms with Crippen molar-refractivity contribution < 1.29 is 0 Å². The third kappa shape index (κ3) is 5.35. The number of rotatable bonds is 9. The molecule has 1 heterocycles. The Hall–Kier alpha value is -1.61. The van der Waals surface area contributed by atoms with Gasteiger partial charge >= 0.3 is 0 Å². The van der Waals surface area contributed by atoms with E-state index < -0.39 is 0 Å². The normalized spacial score (nSPS) is 12.5. The quantitative estimate of drug-likeness (QED) is 0.707. The highest BCUT2D eigenvalue weighted by Gasteiger charge is 2.04. The second kappa shape index (κ2) is 8.63. The van der Waals surface area contributed by atoms with Crippen LogP contribution in [0.3, 0.4) is 0 Å². The Kier molecular flexibility index (Phi) is 6.48. The zero-order valence-corrected chi connectivity index (χ0v) is 13.3. The molecule has 0 aliphatic carbocycles. The van der Waals surface area contributed by atoms with Crippen molar-refractivity contribution in [2.24, 2.45) is 0 Å². The van der Waals surface area contributed by atoms with E-state index in [1.165, 1.54) is 30.4 Å². The van der Waals surface area contributed by atoms with Gasteiger partial charge in [0, 0.05) is 25.0 Å². The van der Waals surface area contributed by atoms with E-state index in [9.17, 15) is 0 Å². The lowest BCUT2D eigenvalue weighted by Crippen LogP contribution is -2.20. The van der Waals surface area contributed by atoms with Crippen molar-refractivity contribution in [2.75, 3.05) is 6.54 Å². The van der Waals surface area contributed by atoms with Gasteiger partial charge in [-0.05, 0) is 43.9 Å². The van der Waals surface area contributed by atoms with E-state index in [1.807, 2.05) is 18.7 Å². The molecule has 3 nitrogen and oxygen atoms in total. The van der Waals surface area contributed by atoms with Gasteiger partial charge in [-0.25, -0.2) is 4.98 Å². The van der Waals surface area contributed by atoms with E-state index in [4.69, 9.17) is 0 Å². The van der Waals surface area contributed by atoms with Crippen LogP contribution >= 0.6 is 0 Å². The molecule has 0 bridgehead atoms. The number of nitrogens with one attached hydrogen (secondary N) is 1. The fourth-order valence-corrected chi connectivity index (χ4v) is 2.47. The molecule has 0 aliphatic heterocycles. The van der Waals surface area contributed by atoms with Crippen LogP contribution in [-0.4, -0.2) is 16.1 Å². The Bertz CT molecular complexity index is 488. The molecule has 0 fully saturated rings. The number of aryl methyl sites for hydroxylation is 2.